The average molecular weight is 480 g/mol. The molecule has 186 valence electrons. The number of ether oxygens (including phenoxy) is 1. The third-order valence-electron chi connectivity index (χ3n) is 5.05. The van der Waals surface area contributed by atoms with Gasteiger partial charge in [-0.15, -0.1) is 0 Å². The van der Waals surface area contributed by atoms with E-state index in [-0.39, 0.29) is 11.7 Å². The second-order valence-electron chi connectivity index (χ2n) is 10.8. The Morgan fingerprint density at radius 3 is 1.97 bits per heavy atom. The molecule has 0 aliphatic carbocycles. The van der Waals surface area contributed by atoms with Crippen LogP contribution in [0, 0.1) is 0 Å². The van der Waals surface area contributed by atoms with Crippen molar-refractivity contribution in [1.29, 1.82) is 0 Å². The summed E-state index contributed by atoms with van der Waals surface area (Å²) >= 11 is 4.32. The zero-order valence-corrected chi connectivity index (χ0v) is 22.4. The standard InChI is InChI=1S/C25H41N3O4S/c1-10-25(8,9)28(21(30)18(16-33)26-22(31)32-24(5,6)7)19(17-14-12-11-13-15-17)20(29)27-23(2,3)4/h11-15,18-19,33H,10,16H2,1-9H3,(H,26,31)(H,27,29). The van der Waals surface area contributed by atoms with Gasteiger partial charge in [-0.25, -0.2) is 4.79 Å². The van der Waals surface area contributed by atoms with Crippen molar-refractivity contribution in [3.05, 3.63) is 35.9 Å². The summed E-state index contributed by atoms with van der Waals surface area (Å²) in [5, 5.41) is 5.65. The first kappa shape index (κ1) is 28.8. The lowest BCUT2D eigenvalue weighted by atomic mass is 9.91. The molecule has 3 amide bonds. The SMILES string of the molecule is CCC(C)(C)N(C(=O)C(CS)NC(=O)OC(C)(C)C)C(C(=O)NC(C)(C)C)c1ccccc1. The fourth-order valence-corrected chi connectivity index (χ4v) is 3.49. The van der Waals surface area contributed by atoms with Crippen molar-refractivity contribution in [3.63, 3.8) is 0 Å². The van der Waals surface area contributed by atoms with Gasteiger partial charge in [0.2, 0.25) is 11.8 Å². The average Bonchev–Trinajstić information content (AvgIpc) is 2.67. The van der Waals surface area contributed by atoms with Gasteiger partial charge >= 0.3 is 6.09 Å². The summed E-state index contributed by atoms with van der Waals surface area (Å²) in [4.78, 5) is 41.4. The van der Waals surface area contributed by atoms with Gasteiger partial charge in [0.05, 0.1) is 0 Å². The van der Waals surface area contributed by atoms with Gasteiger partial charge in [0.1, 0.15) is 17.7 Å². The summed E-state index contributed by atoms with van der Waals surface area (Å²) in [7, 11) is 0. The third kappa shape index (κ3) is 8.91. The summed E-state index contributed by atoms with van der Waals surface area (Å²) < 4.78 is 5.34. The smallest absolute Gasteiger partial charge is 0.408 e. The van der Waals surface area contributed by atoms with E-state index in [0.717, 1.165) is 0 Å². The molecule has 1 aromatic carbocycles. The van der Waals surface area contributed by atoms with Crippen LogP contribution in [0.1, 0.15) is 80.3 Å². The van der Waals surface area contributed by atoms with Crippen molar-refractivity contribution in [3.8, 4) is 0 Å². The first-order valence-electron chi connectivity index (χ1n) is 11.3. The number of amides is 3. The molecule has 0 aliphatic heterocycles. The van der Waals surface area contributed by atoms with Gasteiger partial charge in [-0.05, 0) is 67.4 Å². The lowest BCUT2D eigenvalue weighted by Gasteiger charge is -2.45. The van der Waals surface area contributed by atoms with E-state index in [1.54, 1.807) is 25.7 Å². The normalized spacial score (nSPS) is 14.1. The fourth-order valence-electron chi connectivity index (χ4n) is 3.24. The highest BCUT2D eigenvalue weighted by Gasteiger charge is 2.43. The second kappa shape index (κ2) is 11.3. The van der Waals surface area contributed by atoms with E-state index >= 15 is 0 Å². The zero-order chi connectivity index (χ0) is 25.6. The van der Waals surface area contributed by atoms with E-state index in [2.05, 4.69) is 23.3 Å². The van der Waals surface area contributed by atoms with Crippen LogP contribution in [0.15, 0.2) is 30.3 Å². The number of carbonyl (C=O) groups is 3. The molecule has 0 fully saturated rings. The Morgan fingerprint density at radius 1 is 1.00 bits per heavy atom. The predicted molar refractivity (Wildman–Crippen MR) is 135 cm³/mol. The Morgan fingerprint density at radius 2 is 1.55 bits per heavy atom. The molecule has 8 heteroatoms. The first-order chi connectivity index (χ1) is 15.0. The number of carbonyl (C=O) groups excluding carboxylic acids is 3. The van der Waals surface area contributed by atoms with Crippen LogP contribution < -0.4 is 10.6 Å². The lowest BCUT2D eigenvalue weighted by Crippen LogP contribution is -2.60. The zero-order valence-electron chi connectivity index (χ0n) is 21.5. The van der Waals surface area contributed by atoms with E-state index in [9.17, 15) is 14.4 Å². The van der Waals surface area contributed by atoms with Crippen LogP contribution in [0.25, 0.3) is 0 Å². The number of nitrogens with one attached hydrogen (secondary N) is 2. The number of rotatable bonds is 8. The van der Waals surface area contributed by atoms with Crippen LogP contribution >= 0.6 is 12.6 Å². The van der Waals surface area contributed by atoms with E-state index in [4.69, 9.17) is 4.74 Å². The highest BCUT2D eigenvalue weighted by Crippen LogP contribution is 2.32. The maximum absolute atomic E-state index is 13.9. The number of alkyl carbamates (subject to hydrolysis) is 1. The summed E-state index contributed by atoms with van der Waals surface area (Å²) in [6.45, 7) is 16.7. The van der Waals surface area contributed by atoms with Gasteiger partial charge in [-0.3, -0.25) is 9.59 Å². The molecule has 1 rings (SSSR count). The van der Waals surface area contributed by atoms with Crippen molar-refractivity contribution >= 4 is 30.5 Å². The third-order valence-corrected chi connectivity index (χ3v) is 5.41. The molecule has 7 nitrogen and oxygen atoms in total. The number of nitrogens with zero attached hydrogens (tertiary/aromatic N) is 1. The van der Waals surface area contributed by atoms with Crippen molar-refractivity contribution in [2.45, 2.75) is 97.5 Å². The number of benzene rings is 1. The molecule has 0 saturated heterocycles. The minimum absolute atomic E-state index is 0.0524. The van der Waals surface area contributed by atoms with Crippen LogP contribution in [0.5, 0.6) is 0 Å². The van der Waals surface area contributed by atoms with E-state index in [1.807, 2.05) is 71.9 Å². The number of hydrogen-bond acceptors (Lipinski definition) is 5. The van der Waals surface area contributed by atoms with Gasteiger partial charge in [-0.2, -0.15) is 12.6 Å². The van der Waals surface area contributed by atoms with Crippen molar-refractivity contribution < 1.29 is 19.1 Å². The van der Waals surface area contributed by atoms with Crippen LogP contribution in [0.4, 0.5) is 4.79 Å². The maximum Gasteiger partial charge on any atom is 0.408 e. The van der Waals surface area contributed by atoms with Crippen molar-refractivity contribution in [2.75, 3.05) is 5.75 Å². The summed E-state index contributed by atoms with van der Waals surface area (Å²) in [6, 6.07) is 7.33. The molecular weight excluding hydrogens is 438 g/mol. The van der Waals surface area contributed by atoms with Gasteiger partial charge in [0.25, 0.3) is 0 Å². The molecule has 2 unspecified atom stereocenters. The van der Waals surface area contributed by atoms with Gasteiger partial charge in [0.15, 0.2) is 0 Å². The quantitative estimate of drug-likeness (QED) is 0.480. The Hall–Kier alpha value is -2.22. The molecule has 0 bridgehead atoms. The Balaban J connectivity index is 3.50. The summed E-state index contributed by atoms with van der Waals surface area (Å²) in [5.74, 6) is -0.643. The van der Waals surface area contributed by atoms with Crippen molar-refractivity contribution in [1.82, 2.24) is 15.5 Å². The van der Waals surface area contributed by atoms with Crippen LogP contribution in [0.3, 0.4) is 0 Å². The molecule has 0 radical (unpaired) electrons. The van der Waals surface area contributed by atoms with Crippen LogP contribution in [-0.2, 0) is 14.3 Å². The molecule has 0 heterocycles. The van der Waals surface area contributed by atoms with E-state index < -0.39 is 40.8 Å². The fraction of sp³-hybridized carbons (Fsp3) is 0.640. The minimum atomic E-state index is -0.970. The Bertz CT molecular complexity index is 813. The van der Waals surface area contributed by atoms with Gasteiger partial charge < -0.3 is 20.3 Å². The first-order valence-corrected chi connectivity index (χ1v) is 12.0. The molecular formula is C25H41N3O4S. The highest BCUT2D eigenvalue weighted by atomic mass is 32.1. The molecule has 0 aromatic heterocycles. The molecule has 33 heavy (non-hydrogen) atoms. The molecule has 2 atom stereocenters. The van der Waals surface area contributed by atoms with Crippen molar-refractivity contribution in [2.24, 2.45) is 0 Å². The Labute approximate surface area is 204 Å². The van der Waals surface area contributed by atoms with Crippen LogP contribution in [-0.4, -0.2) is 51.3 Å². The highest BCUT2D eigenvalue weighted by molar-refractivity contribution is 7.80. The van der Waals surface area contributed by atoms with E-state index in [1.165, 1.54) is 0 Å². The molecule has 2 N–H and O–H groups in total. The number of thiol groups is 1. The minimum Gasteiger partial charge on any atom is -0.444 e. The summed E-state index contributed by atoms with van der Waals surface area (Å²) in [6.07, 6.45) is -0.115. The monoisotopic (exact) mass is 479 g/mol. The van der Waals surface area contributed by atoms with Crippen LogP contribution in [0.2, 0.25) is 0 Å². The molecule has 0 aliphatic rings. The topological polar surface area (TPSA) is 87.7 Å². The summed E-state index contributed by atoms with van der Waals surface area (Å²) in [5.41, 5.74) is -1.21. The number of hydrogen-bond donors (Lipinski definition) is 3. The van der Waals surface area contributed by atoms with Gasteiger partial charge in [-0.1, -0.05) is 37.3 Å². The second-order valence-corrected chi connectivity index (χ2v) is 11.2. The molecule has 0 saturated carbocycles. The van der Waals surface area contributed by atoms with Gasteiger partial charge in [0, 0.05) is 16.8 Å². The Kier molecular flexibility index (Phi) is 9.84. The molecule has 1 aromatic rings. The molecule has 0 spiro atoms. The largest absolute Gasteiger partial charge is 0.444 e. The lowest BCUT2D eigenvalue weighted by molar-refractivity contribution is -0.149. The van der Waals surface area contributed by atoms with E-state index in [0.29, 0.717) is 12.0 Å². The maximum atomic E-state index is 13.9. The predicted octanol–water partition coefficient (Wildman–Crippen LogP) is 4.48.